The minimum atomic E-state index is 0.715. The molecule has 0 saturated carbocycles. The standard InChI is InChI=1S/C10H14N4OS/c1-15-3-2-11-4-8-5-12-10(14-8)9-6-16-7-13-9/h5-7,11H,2-4H2,1H3,(H,12,14). The summed E-state index contributed by atoms with van der Waals surface area (Å²) in [4.78, 5) is 11.7. The topological polar surface area (TPSA) is 62.8 Å². The lowest BCUT2D eigenvalue weighted by atomic mass is 10.4. The molecule has 0 bridgehead atoms. The van der Waals surface area contributed by atoms with Gasteiger partial charge in [-0.1, -0.05) is 0 Å². The van der Waals surface area contributed by atoms with Crippen LogP contribution in [0.2, 0.25) is 0 Å². The summed E-state index contributed by atoms with van der Waals surface area (Å²) >= 11 is 1.56. The molecule has 0 saturated heterocycles. The van der Waals surface area contributed by atoms with Crippen LogP contribution in [0.4, 0.5) is 0 Å². The predicted molar refractivity (Wildman–Crippen MR) is 63.3 cm³/mol. The third kappa shape index (κ3) is 2.88. The molecule has 0 amide bonds. The van der Waals surface area contributed by atoms with Gasteiger partial charge in [0.2, 0.25) is 0 Å². The Morgan fingerprint density at radius 3 is 3.19 bits per heavy atom. The van der Waals surface area contributed by atoms with Crippen LogP contribution >= 0.6 is 11.3 Å². The molecule has 86 valence electrons. The summed E-state index contributed by atoms with van der Waals surface area (Å²) in [5.74, 6) is 0.824. The molecule has 2 N–H and O–H groups in total. The maximum absolute atomic E-state index is 4.95. The molecule has 0 aromatic carbocycles. The summed E-state index contributed by atoms with van der Waals surface area (Å²) < 4.78 is 4.95. The first-order valence-corrected chi connectivity index (χ1v) is 5.96. The van der Waals surface area contributed by atoms with Crippen molar-refractivity contribution < 1.29 is 4.74 Å². The smallest absolute Gasteiger partial charge is 0.157 e. The van der Waals surface area contributed by atoms with E-state index in [1.807, 2.05) is 11.6 Å². The number of nitrogens with zero attached hydrogens (tertiary/aromatic N) is 2. The van der Waals surface area contributed by atoms with Crippen LogP contribution in [-0.2, 0) is 11.3 Å². The Hall–Kier alpha value is -1.24. The van der Waals surface area contributed by atoms with Crippen molar-refractivity contribution in [3.63, 3.8) is 0 Å². The first kappa shape index (κ1) is 11.3. The summed E-state index contributed by atoms with van der Waals surface area (Å²) in [5.41, 5.74) is 3.75. The lowest BCUT2D eigenvalue weighted by Crippen LogP contribution is -2.18. The quantitative estimate of drug-likeness (QED) is 0.744. The van der Waals surface area contributed by atoms with E-state index in [1.165, 1.54) is 0 Å². The van der Waals surface area contributed by atoms with Gasteiger partial charge in [-0.15, -0.1) is 11.3 Å². The van der Waals surface area contributed by atoms with Gasteiger partial charge >= 0.3 is 0 Å². The van der Waals surface area contributed by atoms with E-state index >= 15 is 0 Å². The van der Waals surface area contributed by atoms with Gasteiger partial charge in [-0.05, 0) is 0 Å². The van der Waals surface area contributed by atoms with Crippen molar-refractivity contribution in [2.45, 2.75) is 6.54 Å². The second-order valence-corrected chi connectivity index (χ2v) is 4.02. The molecule has 5 nitrogen and oxygen atoms in total. The number of methoxy groups -OCH3 is 1. The number of nitrogens with one attached hydrogen (secondary N) is 2. The molecular formula is C10H14N4OS. The Labute approximate surface area is 97.9 Å². The summed E-state index contributed by atoms with van der Waals surface area (Å²) in [6, 6.07) is 0. The number of ether oxygens (including phenoxy) is 1. The van der Waals surface area contributed by atoms with Crippen LogP contribution in [0.5, 0.6) is 0 Å². The fraction of sp³-hybridized carbons (Fsp3) is 0.400. The highest BCUT2D eigenvalue weighted by Gasteiger charge is 2.04. The number of imidazole rings is 1. The summed E-state index contributed by atoms with van der Waals surface area (Å²) in [6.07, 6.45) is 1.83. The molecule has 6 heteroatoms. The largest absolute Gasteiger partial charge is 0.383 e. The highest BCUT2D eigenvalue weighted by molar-refractivity contribution is 7.07. The molecule has 2 aromatic heterocycles. The number of H-pyrrole nitrogens is 1. The molecule has 0 unspecified atom stereocenters. The molecule has 0 radical (unpaired) electrons. The van der Waals surface area contributed by atoms with Crippen LogP contribution in [0.25, 0.3) is 11.5 Å². The third-order valence-corrected chi connectivity index (χ3v) is 2.69. The van der Waals surface area contributed by atoms with E-state index in [1.54, 1.807) is 24.0 Å². The van der Waals surface area contributed by atoms with Crippen LogP contribution in [0, 0.1) is 0 Å². The zero-order chi connectivity index (χ0) is 11.2. The molecule has 0 aliphatic carbocycles. The molecule has 16 heavy (non-hydrogen) atoms. The normalized spacial score (nSPS) is 10.8. The number of hydrogen-bond donors (Lipinski definition) is 2. The van der Waals surface area contributed by atoms with Crippen LogP contribution in [0.3, 0.4) is 0 Å². The van der Waals surface area contributed by atoms with Gasteiger partial charge in [-0.3, -0.25) is 0 Å². The molecule has 2 aromatic rings. The van der Waals surface area contributed by atoms with E-state index in [9.17, 15) is 0 Å². The third-order valence-electron chi connectivity index (χ3n) is 2.10. The van der Waals surface area contributed by atoms with E-state index < -0.39 is 0 Å². The van der Waals surface area contributed by atoms with Gasteiger partial charge in [0.15, 0.2) is 5.82 Å². The molecule has 2 rings (SSSR count). The lowest BCUT2D eigenvalue weighted by molar-refractivity contribution is 0.199. The summed E-state index contributed by atoms with van der Waals surface area (Å²) in [6.45, 7) is 2.31. The average molecular weight is 238 g/mol. The van der Waals surface area contributed by atoms with E-state index in [0.717, 1.165) is 30.3 Å². The van der Waals surface area contributed by atoms with Crippen LogP contribution in [0.1, 0.15) is 5.69 Å². The van der Waals surface area contributed by atoms with E-state index in [0.29, 0.717) is 6.61 Å². The maximum atomic E-state index is 4.95. The second kappa shape index (κ2) is 5.74. The molecule has 0 atom stereocenters. The van der Waals surface area contributed by atoms with Crippen molar-refractivity contribution in [1.82, 2.24) is 20.3 Å². The van der Waals surface area contributed by atoms with Gasteiger partial charge in [0.1, 0.15) is 5.69 Å². The zero-order valence-electron chi connectivity index (χ0n) is 9.06. The molecule has 0 aliphatic heterocycles. The van der Waals surface area contributed by atoms with Crippen molar-refractivity contribution in [2.75, 3.05) is 20.3 Å². The molecule has 0 fully saturated rings. The van der Waals surface area contributed by atoms with Crippen molar-refractivity contribution in [3.8, 4) is 11.5 Å². The minimum Gasteiger partial charge on any atom is -0.383 e. The number of aromatic amines is 1. The highest BCUT2D eigenvalue weighted by Crippen LogP contribution is 2.14. The number of hydrogen-bond acceptors (Lipinski definition) is 5. The second-order valence-electron chi connectivity index (χ2n) is 3.30. The van der Waals surface area contributed by atoms with E-state index in [-0.39, 0.29) is 0 Å². The molecular weight excluding hydrogens is 224 g/mol. The van der Waals surface area contributed by atoms with Gasteiger partial charge in [-0.2, -0.15) is 0 Å². The summed E-state index contributed by atoms with van der Waals surface area (Å²) in [5, 5.41) is 5.22. The fourth-order valence-corrected chi connectivity index (χ4v) is 1.84. The average Bonchev–Trinajstić information content (AvgIpc) is 2.94. The monoisotopic (exact) mass is 238 g/mol. The SMILES string of the molecule is COCCNCc1cnc(-c2cscn2)[nH]1. The Bertz CT molecular complexity index is 412. The first-order chi connectivity index (χ1) is 7.90. The number of rotatable bonds is 6. The maximum Gasteiger partial charge on any atom is 0.157 e. The fourth-order valence-electron chi connectivity index (χ4n) is 1.31. The Morgan fingerprint density at radius 1 is 1.50 bits per heavy atom. The van der Waals surface area contributed by atoms with Crippen molar-refractivity contribution in [2.24, 2.45) is 0 Å². The van der Waals surface area contributed by atoms with Gasteiger partial charge < -0.3 is 15.0 Å². The Balaban J connectivity index is 1.88. The van der Waals surface area contributed by atoms with Crippen molar-refractivity contribution >= 4 is 11.3 Å². The highest BCUT2D eigenvalue weighted by atomic mass is 32.1. The van der Waals surface area contributed by atoms with Gasteiger partial charge in [0, 0.05) is 31.3 Å². The molecule has 0 spiro atoms. The van der Waals surface area contributed by atoms with Crippen LogP contribution in [0.15, 0.2) is 17.1 Å². The van der Waals surface area contributed by atoms with Gasteiger partial charge in [0.25, 0.3) is 0 Å². The van der Waals surface area contributed by atoms with Gasteiger partial charge in [0.05, 0.1) is 18.3 Å². The minimum absolute atomic E-state index is 0.715. The van der Waals surface area contributed by atoms with E-state index in [2.05, 4.69) is 20.3 Å². The number of aromatic nitrogens is 3. The molecule has 2 heterocycles. The van der Waals surface area contributed by atoms with E-state index in [4.69, 9.17) is 4.74 Å². The zero-order valence-corrected chi connectivity index (χ0v) is 9.88. The Kier molecular flexibility index (Phi) is 4.03. The van der Waals surface area contributed by atoms with Crippen LogP contribution < -0.4 is 5.32 Å². The van der Waals surface area contributed by atoms with Crippen molar-refractivity contribution in [1.29, 1.82) is 0 Å². The molecule has 0 aliphatic rings. The van der Waals surface area contributed by atoms with Crippen molar-refractivity contribution in [3.05, 3.63) is 22.8 Å². The van der Waals surface area contributed by atoms with Gasteiger partial charge in [-0.25, -0.2) is 9.97 Å². The predicted octanol–water partition coefficient (Wildman–Crippen LogP) is 1.27. The first-order valence-electron chi connectivity index (χ1n) is 5.02. The summed E-state index contributed by atoms with van der Waals surface area (Å²) in [7, 11) is 1.69. The lowest BCUT2D eigenvalue weighted by Gasteiger charge is -2.00. The number of thiazole rings is 1. The Morgan fingerprint density at radius 2 is 2.44 bits per heavy atom. The van der Waals surface area contributed by atoms with Crippen LogP contribution in [-0.4, -0.2) is 35.2 Å².